The molecule has 0 aliphatic carbocycles. The molecule has 0 aliphatic rings. The molecule has 0 aromatic rings. The Morgan fingerprint density at radius 2 is 0.481 bits per heavy atom. The molecule has 5 unspecified atom stereocenters. The maximum atomic E-state index is 13.1. The molecule has 622 valence electrons. The van der Waals surface area contributed by atoms with Crippen molar-refractivity contribution in [3.8, 4) is 0 Å². The van der Waals surface area contributed by atoms with Crippen LogP contribution in [0.3, 0.4) is 0 Å². The summed E-state index contributed by atoms with van der Waals surface area (Å²) in [6.45, 7) is 4.63. The van der Waals surface area contributed by atoms with Gasteiger partial charge in [-0.3, -0.25) is 37.3 Å². The van der Waals surface area contributed by atoms with Crippen LogP contribution >= 0.6 is 15.6 Å². The van der Waals surface area contributed by atoms with Crippen molar-refractivity contribution in [2.24, 2.45) is 0 Å². The Labute approximate surface area is 657 Å². The van der Waals surface area contributed by atoms with Crippen molar-refractivity contribution in [1.82, 2.24) is 0 Å². The zero-order valence-electron chi connectivity index (χ0n) is 68.2. The molecule has 0 saturated heterocycles. The molecular formula is C89H154O17P2. The van der Waals surface area contributed by atoms with Crippen LogP contribution in [0.25, 0.3) is 0 Å². The lowest BCUT2D eigenvalue weighted by molar-refractivity contribution is -0.161. The summed E-state index contributed by atoms with van der Waals surface area (Å²) >= 11 is 0. The van der Waals surface area contributed by atoms with Gasteiger partial charge in [-0.15, -0.1) is 0 Å². The molecule has 17 nitrogen and oxygen atoms in total. The summed E-state index contributed by atoms with van der Waals surface area (Å²) in [6, 6.07) is 0. The van der Waals surface area contributed by atoms with Crippen LogP contribution in [-0.4, -0.2) is 96.7 Å². The second-order valence-corrected chi connectivity index (χ2v) is 31.3. The summed E-state index contributed by atoms with van der Waals surface area (Å²) in [5.74, 6) is -2.20. The number of aliphatic hydroxyl groups excluding tert-OH is 1. The van der Waals surface area contributed by atoms with E-state index in [4.69, 9.17) is 37.0 Å². The largest absolute Gasteiger partial charge is 0.472 e. The quantitative estimate of drug-likeness (QED) is 0.0169. The van der Waals surface area contributed by atoms with Crippen LogP contribution in [0.5, 0.6) is 0 Å². The average molecular weight is 1560 g/mol. The van der Waals surface area contributed by atoms with Gasteiger partial charge in [0, 0.05) is 25.7 Å². The van der Waals surface area contributed by atoms with Crippen LogP contribution in [0.15, 0.2) is 122 Å². The molecular weight excluding hydrogens is 1400 g/mol. The number of aliphatic hydroxyl groups is 1. The fraction of sp³-hybridized carbons (Fsp3) is 0.730. The van der Waals surface area contributed by atoms with E-state index in [-0.39, 0.29) is 25.7 Å². The van der Waals surface area contributed by atoms with Gasteiger partial charge in [0.05, 0.1) is 26.4 Å². The van der Waals surface area contributed by atoms with E-state index in [1.807, 2.05) is 0 Å². The predicted octanol–water partition coefficient (Wildman–Crippen LogP) is 25.5. The Morgan fingerprint density at radius 1 is 0.269 bits per heavy atom. The second-order valence-electron chi connectivity index (χ2n) is 28.4. The van der Waals surface area contributed by atoms with Crippen molar-refractivity contribution in [2.45, 2.75) is 380 Å². The molecule has 0 fully saturated rings. The fourth-order valence-corrected chi connectivity index (χ4v) is 13.0. The molecule has 0 heterocycles. The first-order chi connectivity index (χ1) is 52.7. The Balaban J connectivity index is 5.38. The molecule has 0 aromatic carbocycles. The number of unbranched alkanes of at least 4 members (excludes halogenated alkanes) is 34. The Hall–Kier alpha value is -4.54. The Bertz CT molecular complexity index is 2520. The van der Waals surface area contributed by atoms with E-state index >= 15 is 0 Å². The van der Waals surface area contributed by atoms with Gasteiger partial charge in [0.1, 0.15) is 19.3 Å². The van der Waals surface area contributed by atoms with Crippen molar-refractivity contribution in [3.63, 3.8) is 0 Å². The molecule has 0 rings (SSSR count). The Morgan fingerprint density at radius 3 is 0.759 bits per heavy atom. The van der Waals surface area contributed by atoms with E-state index in [1.54, 1.807) is 0 Å². The lowest BCUT2D eigenvalue weighted by atomic mass is 10.0. The van der Waals surface area contributed by atoms with Gasteiger partial charge in [0.2, 0.25) is 0 Å². The molecule has 108 heavy (non-hydrogen) atoms. The number of hydrogen-bond acceptors (Lipinski definition) is 15. The standard InChI is InChI=1S/C89H154O17P2/c1-5-9-13-17-21-25-29-33-37-39-41-43-47-49-53-57-61-65-69-73-86(91)99-79-84(105-88(93)75-71-67-63-59-55-51-45-35-31-27-23-19-15-11-7-3)81-103-107(95,96)101-77-83(90)78-102-108(97,98)104-82-85(106-89(94)76-72-68-64-60-56-52-46-36-32-28-24-20-16-12-8-4)80-100-87(92)74-70-66-62-58-54-50-48-44-42-40-38-34-30-26-22-18-14-10-6-2/h9,11,13,15,21-23,25-27,33-35,37-38,41-45,83-85,90H,5-8,10,12,14,16-20,24,28-32,36,39-40,46-82H2,1-4H3,(H,95,96)(H,97,98)/b13-9-,15-11-,25-21-,26-22-,27-23-,37-33-,38-34-,43-41-,44-42-,45-35-. The van der Waals surface area contributed by atoms with Crippen LogP contribution in [0, 0.1) is 0 Å². The molecule has 0 saturated carbocycles. The lowest BCUT2D eigenvalue weighted by Gasteiger charge is -2.21. The van der Waals surface area contributed by atoms with E-state index in [9.17, 15) is 43.2 Å². The van der Waals surface area contributed by atoms with Gasteiger partial charge in [-0.05, 0) is 135 Å². The van der Waals surface area contributed by atoms with Crippen LogP contribution in [-0.2, 0) is 65.4 Å². The highest BCUT2D eigenvalue weighted by Crippen LogP contribution is 2.45. The van der Waals surface area contributed by atoms with Crippen molar-refractivity contribution in [1.29, 1.82) is 0 Å². The lowest BCUT2D eigenvalue weighted by Crippen LogP contribution is -2.30. The third-order valence-corrected chi connectivity index (χ3v) is 19.8. The molecule has 5 atom stereocenters. The van der Waals surface area contributed by atoms with Gasteiger partial charge < -0.3 is 33.8 Å². The molecule has 0 bridgehead atoms. The maximum absolute atomic E-state index is 13.1. The van der Waals surface area contributed by atoms with E-state index in [0.29, 0.717) is 25.7 Å². The van der Waals surface area contributed by atoms with Crippen LogP contribution in [0.4, 0.5) is 0 Å². The van der Waals surface area contributed by atoms with Gasteiger partial charge >= 0.3 is 39.5 Å². The average Bonchev–Trinajstić information content (AvgIpc) is 0.923. The van der Waals surface area contributed by atoms with Crippen molar-refractivity contribution < 1.29 is 80.2 Å². The summed E-state index contributed by atoms with van der Waals surface area (Å²) in [7, 11) is -9.98. The molecule has 0 spiro atoms. The number of carbonyl (C=O) groups excluding carboxylic acids is 4. The number of carbonyl (C=O) groups is 4. The molecule has 0 aliphatic heterocycles. The number of hydrogen-bond donors (Lipinski definition) is 3. The first-order valence-electron chi connectivity index (χ1n) is 42.8. The topological polar surface area (TPSA) is 237 Å². The van der Waals surface area contributed by atoms with Gasteiger partial charge in [0.15, 0.2) is 12.2 Å². The van der Waals surface area contributed by atoms with E-state index < -0.39 is 97.5 Å². The summed E-state index contributed by atoms with van der Waals surface area (Å²) < 4.78 is 68.8. The normalized spacial score (nSPS) is 14.4. The molecule has 0 radical (unpaired) electrons. The highest BCUT2D eigenvalue weighted by atomic mass is 31.2. The number of rotatable bonds is 80. The summed E-state index contributed by atoms with van der Waals surface area (Å²) in [6.07, 6.45) is 90.1. The van der Waals surface area contributed by atoms with Gasteiger partial charge in [-0.25, -0.2) is 9.13 Å². The smallest absolute Gasteiger partial charge is 0.462 e. The molecule has 19 heteroatoms. The van der Waals surface area contributed by atoms with Gasteiger partial charge in [-0.1, -0.05) is 323 Å². The number of phosphoric ester groups is 2. The minimum Gasteiger partial charge on any atom is -0.462 e. The van der Waals surface area contributed by atoms with Crippen molar-refractivity contribution in [2.75, 3.05) is 39.6 Å². The first kappa shape index (κ1) is 103. The van der Waals surface area contributed by atoms with E-state index in [2.05, 4.69) is 149 Å². The van der Waals surface area contributed by atoms with Crippen molar-refractivity contribution >= 4 is 39.5 Å². The second kappa shape index (κ2) is 80.5. The summed E-state index contributed by atoms with van der Waals surface area (Å²) in [4.78, 5) is 73.3. The first-order valence-corrected chi connectivity index (χ1v) is 45.8. The number of phosphoric acid groups is 2. The monoisotopic (exact) mass is 1560 g/mol. The number of allylic oxidation sites excluding steroid dienone is 20. The minimum absolute atomic E-state index is 0.0703. The highest BCUT2D eigenvalue weighted by molar-refractivity contribution is 7.47. The third kappa shape index (κ3) is 79.5. The zero-order valence-corrected chi connectivity index (χ0v) is 70.0. The summed E-state index contributed by atoms with van der Waals surface area (Å²) in [5.41, 5.74) is 0. The fourth-order valence-electron chi connectivity index (χ4n) is 11.5. The highest BCUT2D eigenvalue weighted by Gasteiger charge is 2.30. The van der Waals surface area contributed by atoms with Crippen LogP contribution in [0.2, 0.25) is 0 Å². The van der Waals surface area contributed by atoms with E-state index in [1.165, 1.54) is 83.5 Å². The van der Waals surface area contributed by atoms with Gasteiger partial charge in [-0.2, -0.15) is 0 Å². The maximum Gasteiger partial charge on any atom is 0.472 e. The number of esters is 4. The zero-order chi connectivity index (χ0) is 78.9. The summed E-state index contributed by atoms with van der Waals surface area (Å²) in [5, 5.41) is 10.7. The van der Waals surface area contributed by atoms with Crippen molar-refractivity contribution in [3.05, 3.63) is 122 Å². The Kier molecular flexibility index (Phi) is 77.1. The third-order valence-electron chi connectivity index (χ3n) is 17.9. The molecule has 0 aromatic heterocycles. The van der Waals surface area contributed by atoms with E-state index in [0.717, 1.165) is 199 Å². The molecule has 0 amide bonds. The SMILES string of the molecule is CC/C=C\C/C=C\C/C=C\C/C=C\CCCCCCCCC(=O)OCC(COP(=O)(O)OCC(O)COP(=O)(O)OCC(COC(=O)CCCCCCCC/C=C\C/C=C\C/C=C\CCCCC)OC(=O)CCCCCCCCCCCCCCCCC)OC(=O)CCCCCCC/C=C\C/C=C\C/C=C\CC. The van der Waals surface area contributed by atoms with Crippen LogP contribution in [0.1, 0.15) is 362 Å². The molecule has 3 N–H and O–H groups in total. The minimum atomic E-state index is -4.99. The predicted molar refractivity (Wildman–Crippen MR) is 445 cm³/mol. The van der Waals surface area contributed by atoms with Gasteiger partial charge in [0.25, 0.3) is 0 Å². The van der Waals surface area contributed by atoms with Crippen LogP contribution < -0.4 is 0 Å². The number of ether oxygens (including phenoxy) is 4.